The van der Waals surface area contributed by atoms with E-state index in [4.69, 9.17) is 0 Å². The molecule has 2 rings (SSSR count). The van der Waals surface area contributed by atoms with Gasteiger partial charge in [0.1, 0.15) is 5.82 Å². The van der Waals surface area contributed by atoms with Crippen molar-refractivity contribution < 1.29 is 32.6 Å². The van der Waals surface area contributed by atoms with Crippen LogP contribution < -0.4 is 5.32 Å². The molecule has 0 bridgehead atoms. The first-order valence-corrected chi connectivity index (χ1v) is 8.84. The minimum Gasteiger partial charge on any atom is -0.388 e. The van der Waals surface area contributed by atoms with Gasteiger partial charge in [-0.2, -0.15) is 13.2 Å². The monoisotopic (exact) mass is 389 g/mol. The summed E-state index contributed by atoms with van der Waals surface area (Å²) in [6, 6.07) is 3.83. The molecule has 3 N–H and O–H groups in total. The van der Waals surface area contributed by atoms with Gasteiger partial charge in [0.25, 0.3) is 0 Å². The summed E-state index contributed by atoms with van der Waals surface area (Å²) < 4.78 is 50.2. The Hall–Kier alpha value is -1.93. The van der Waals surface area contributed by atoms with E-state index in [2.05, 4.69) is 0 Å². The Balaban J connectivity index is 2.00. The summed E-state index contributed by atoms with van der Waals surface area (Å²) in [6.45, 7) is -0.402. The minimum absolute atomic E-state index is 0.187. The van der Waals surface area contributed by atoms with E-state index in [0.717, 1.165) is 25.3 Å². The molecule has 1 amide bonds. The molecule has 0 aromatic heterocycles. The highest BCUT2D eigenvalue weighted by Gasteiger charge is 2.38. The van der Waals surface area contributed by atoms with E-state index < -0.39 is 36.2 Å². The molecular formula is C19H23F4NO3. The smallest absolute Gasteiger partial charge is 0.388 e. The number of hydrogen-bond donors (Lipinski definition) is 3. The van der Waals surface area contributed by atoms with Crippen molar-refractivity contribution in [2.75, 3.05) is 6.54 Å². The fourth-order valence-electron chi connectivity index (χ4n) is 3.10. The van der Waals surface area contributed by atoms with Gasteiger partial charge < -0.3 is 15.5 Å². The van der Waals surface area contributed by atoms with E-state index >= 15 is 0 Å². The van der Waals surface area contributed by atoms with Gasteiger partial charge in [-0.3, -0.25) is 4.79 Å². The van der Waals surface area contributed by atoms with Crippen LogP contribution in [0.5, 0.6) is 0 Å². The number of rotatable bonds is 6. The first kappa shape index (κ1) is 21.4. The lowest BCUT2D eigenvalue weighted by Crippen LogP contribution is -2.37. The largest absolute Gasteiger partial charge is 0.471 e. The van der Waals surface area contributed by atoms with Crippen molar-refractivity contribution >= 4 is 12.0 Å². The predicted octanol–water partition coefficient (Wildman–Crippen LogP) is 3.64. The molecule has 0 saturated heterocycles. The number of aliphatic hydroxyl groups excluding tert-OH is 1. The van der Waals surface area contributed by atoms with Crippen LogP contribution >= 0.6 is 0 Å². The van der Waals surface area contributed by atoms with E-state index in [1.807, 2.05) is 0 Å². The Morgan fingerprint density at radius 2 is 1.89 bits per heavy atom. The number of hydrogen-bond acceptors (Lipinski definition) is 3. The second kappa shape index (κ2) is 8.84. The zero-order chi connectivity index (χ0) is 20.1. The fourth-order valence-corrected chi connectivity index (χ4v) is 3.10. The second-order valence-corrected chi connectivity index (χ2v) is 6.87. The van der Waals surface area contributed by atoms with Crippen LogP contribution in [0.2, 0.25) is 0 Å². The highest BCUT2D eigenvalue weighted by molar-refractivity contribution is 5.81. The molecule has 0 heterocycles. The van der Waals surface area contributed by atoms with Gasteiger partial charge in [-0.25, -0.2) is 4.39 Å². The van der Waals surface area contributed by atoms with Crippen molar-refractivity contribution in [3.05, 3.63) is 41.2 Å². The van der Waals surface area contributed by atoms with E-state index in [0.29, 0.717) is 18.4 Å². The summed E-state index contributed by atoms with van der Waals surface area (Å²) in [5.74, 6) is -2.69. The van der Waals surface area contributed by atoms with Gasteiger partial charge >= 0.3 is 12.1 Å². The topological polar surface area (TPSA) is 69.6 Å². The molecular weight excluding hydrogens is 366 g/mol. The van der Waals surface area contributed by atoms with Crippen molar-refractivity contribution in [2.24, 2.45) is 0 Å². The third-order valence-corrected chi connectivity index (χ3v) is 4.59. The number of aliphatic hydroxyl groups is 2. The zero-order valence-corrected chi connectivity index (χ0v) is 14.7. The molecule has 1 fully saturated rings. The lowest BCUT2D eigenvalue weighted by molar-refractivity contribution is -0.173. The number of carbonyl (C=O) groups excluding carboxylic acids is 1. The van der Waals surface area contributed by atoms with Crippen molar-refractivity contribution in [2.45, 2.75) is 56.4 Å². The second-order valence-electron chi connectivity index (χ2n) is 6.87. The van der Waals surface area contributed by atoms with Gasteiger partial charge in [-0.1, -0.05) is 31.4 Å². The number of halogens is 4. The van der Waals surface area contributed by atoms with Gasteiger partial charge in [0.05, 0.1) is 11.7 Å². The first-order valence-electron chi connectivity index (χ1n) is 8.84. The summed E-state index contributed by atoms with van der Waals surface area (Å²) in [5.41, 5.74) is -0.306. The molecule has 1 aliphatic carbocycles. The molecule has 1 atom stereocenters. The molecule has 1 aromatic carbocycles. The molecule has 0 spiro atoms. The van der Waals surface area contributed by atoms with Crippen LogP contribution in [0.25, 0.3) is 6.08 Å². The Bertz CT molecular complexity index is 682. The van der Waals surface area contributed by atoms with E-state index in [1.165, 1.54) is 12.1 Å². The Morgan fingerprint density at radius 1 is 1.22 bits per heavy atom. The van der Waals surface area contributed by atoms with Gasteiger partial charge in [-0.05, 0) is 48.6 Å². The SMILES string of the molecule is O=C(NCCC(O)c1cc(F)cc(/C=C/C2(O)CCCCC2)c1)C(F)(F)F. The average molecular weight is 389 g/mol. The zero-order valence-electron chi connectivity index (χ0n) is 14.7. The van der Waals surface area contributed by atoms with Crippen LogP contribution in [0, 0.1) is 5.82 Å². The predicted molar refractivity (Wildman–Crippen MR) is 92.1 cm³/mol. The fraction of sp³-hybridized carbons (Fsp3) is 0.526. The van der Waals surface area contributed by atoms with Crippen molar-refractivity contribution in [3.63, 3.8) is 0 Å². The van der Waals surface area contributed by atoms with Crippen molar-refractivity contribution in [3.8, 4) is 0 Å². The highest BCUT2D eigenvalue weighted by atomic mass is 19.4. The maximum atomic E-state index is 13.8. The van der Waals surface area contributed by atoms with Gasteiger partial charge in [0.15, 0.2) is 0 Å². The molecule has 1 aliphatic rings. The molecule has 4 nitrogen and oxygen atoms in total. The lowest BCUT2D eigenvalue weighted by Gasteiger charge is -2.28. The van der Waals surface area contributed by atoms with Crippen LogP contribution in [0.4, 0.5) is 17.6 Å². The Morgan fingerprint density at radius 3 is 2.52 bits per heavy atom. The minimum atomic E-state index is -4.98. The number of nitrogens with one attached hydrogen (secondary N) is 1. The molecule has 1 saturated carbocycles. The molecule has 1 unspecified atom stereocenters. The van der Waals surface area contributed by atoms with Crippen LogP contribution in [-0.4, -0.2) is 34.4 Å². The average Bonchev–Trinajstić information content (AvgIpc) is 2.59. The maximum Gasteiger partial charge on any atom is 0.471 e. The van der Waals surface area contributed by atoms with Gasteiger partial charge in [0, 0.05) is 6.54 Å². The lowest BCUT2D eigenvalue weighted by atomic mass is 9.84. The summed E-state index contributed by atoms with van der Waals surface area (Å²) >= 11 is 0. The summed E-state index contributed by atoms with van der Waals surface area (Å²) in [4.78, 5) is 10.7. The third-order valence-electron chi connectivity index (χ3n) is 4.59. The van der Waals surface area contributed by atoms with Crippen molar-refractivity contribution in [1.29, 1.82) is 0 Å². The number of benzene rings is 1. The summed E-state index contributed by atoms with van der Waals surface area (Å²) in [7, 11) is 0. The maximum absolute atomic E-state index is 13.8. The first-order chi connectivity index (χ1) is 12.6. The quantitative estimate of drug-likeness (QED) is 0.651. The highest BCUT2D eigenvalue weighted by Crippen LogP contribution is 2.30. The Labute approximate surface area is 154 Å². The van der Waals surface area contributed by atoms with E-state index in [1.54, 1.807) is 17.5 Å². The van der Waals surface area contributed by atoms with E-state index in [9.17, 15) is 32.6 Å². The molecule has 150 valence electrons. The summed E-state index contributed by atoms with van der Waals surface area (Å²) in [5, 5.41) is 22.2. The number of amides is 1. The van der Waals surface area contributed by atoms with E-state index in [-0.39, 0.29) is 12.0 Å². The Kier molecular flexibility index (Phi) is 7.00. The molecule has 27 heavy (non-hydrogen) atoms. The number of carbonyl (C=O) groups is 1. The molecule has 0 aliphatic heterocycles. The van der Waals surface area contributed by atoms with Gasteiger partial charge in [-0.15, -0.1) is 0 Å². The number of alkyl halides is 3. The van der Waals surface area contributed by atoms with Gasteiger partial charge in [0.2, 0.25) is 0 Å². The molecule has 1 aromatic rings. The standard InChI is InChI=1S/C19H23F4NO3/c20-15-11-13(4-8-18(27)6-2-1-3-7-18)10-14(12-15)16(25)5-9-24-17(26)19(21,22)23/h4,8,10-12,16,25,27H,1-3,5-7,9H2,(H,24,26)/b8-4+. The van der Waals surface area contributed by atoms with Crippen LogP contribution in [0.3, 0.4) is 0 Å². The summed E-state index contributed by atoms with van der Waals surface area (Å²) in [6.07, 6.45) is 0.947. The van der Waals surface area contributed by atoms with Crippen LogP contribution in [0.15, 0.2) is 24.3 Å². The molecule has 8 heteroatoms. The van der Waals surface area contributed by atoms with Crippen molar-refractivity contribution in [1.82, 2.24) is 5.32 Å². The van der Waals surface area contributed by atoms with Crippen LogP contribution in [-0.2, 0) is 4.79 Å². The normalized spacial score (nSPS) is 18.4. The third kappa shape index (κ3) is 6.62. The molecule has 0 radical (unpaired) electrons. The van der Waals surface area contributed by atoms with Crippen LogP contribution in [0.1, 0.15) is 55.8 Å².